The van der Waals surface area contributed by atoms with Gasteiger partial charge in [0.15, 0.2) is 5.78 Å². The second kappa shape index (κ2) is 26.6. The number of carbonyl (C=O) groups excluding carboxylic acids is 1. The Kier molecular flexibility index (Phi) is 26.1. The summed E-state index contributed by atoms with van der Waals surface area (Å²) < 4.78 is 0. The molecule has 3 unspecified atom stereocenters. The van der Waals surface area contributed by atoms with Gasteiger partial charge >= 0.3 is 0 Å². The Morgan fingerprint density at radius 3 is 1.47 bits per heavy atom. The topological polar surface area (TPSA) is 37.3 Å². The third-order valence-electron chi connectivity index (χ3n) is 8.44. The number of unbranched alkanes of at least 4 members (excludes halogenated alkanes) is 12. The van der Waals surface area contributed by atoms with Gasteiger partial charge in [0.1, 0.15) is 6.10 Å². The minimum atomic E-state index is -0.901. The molecule has 0 aromatic rings. The summed E-state index contributed by atoms with van der Waals surface area (Å²) in [7, 11) is 0. The van der Waals surface area contributed by atoms with Crippen molar-refractivity contribution in [2.75, 3.05) is 0 Å². The molecular formula is C36H70O2. The molecule has 0 aliphatic carbocycles. The Labute approximate surface area is 240 Å². The van der Waals surface area contributed by atoms with E-state index < -0.39 is 6.10 Å². The zero-order valence-electron chi connectivity index (χ0n) is 27.0. The Balaban J connectivity index is 3.73. The Bertz CT molecular complexity index is 550. The van der Waals surface area contributed by atoms with Crippen LogP contribution in [0.4, 0.5) is 0 Å². The largest absolute Gasteiger partial charge is 0.381 e. The zero-order valence-corrected chi connectivity index (χ0v) is 27.0. The van der Waals surface area contributed by atoms with Gasteiger partial charge in [0, 0.05) is 6.42 Å². The quantitative estimate of drug-likeness (QED) is 0.0800. The highest BCUT2D eigenvalue weighted by molar-refractivity contribution is 5.84. The minimum absolute atomic E-state index is 0.00306. The standard InChI is InChI=1S/C36H70O2/c1-7-8-9-10-11-12-13-14-15-16-17-18-19-29-35(37)36(38)30-34(6)28-22-27-33(5)26-21-25-32(4)24-20-23-31(2)3/h30-33,36,38H,7-29H2,1-6H3. The van der Waals surface area contributed by atoms with Gasteiger partial charge < -0.3 is 5.11 Å². The molecule has 0 aromatic heterocycles. The lowest BCUT2D eigenvalue weighted by Crippen LogP contribution is -2.17. The van der Waals surface area contributed by atoms with E-state index in [4.69, 9.17) is 0 Å². The van der Waals surface area contributed by atoms with Crippen molar-refractivity contribution >= 4 is 5.78 Å². The van der Waals surface area contributed by atoms with Crippen molar-refractivity contribution in [3.63, 3.8) is 0 Å². The molecule has 38 heavy (non-hydrogen) atoms. The highest BCUT2D eigenvalue weighted by atomic mass is 16.3. The molecule has 0 fully saturated rings. The zero-order chi connectivity index (χ0) is 28.4. The number of carbonyl (C=O) groups is 1. The minimum Gasteiger partial charge on any atom is -0.381 e. The molecule has 226 valence electrons. The van der Waals surface area contributed by atoms with Gasteiger partial charge in [-0.15, -0.1) is 0 Å². The van der Waals surface area contributed by atoms with E-state index >= 15 is 0 Å². The van der Waals surface area contributed by atoms with Crippen molar-refractivity contribution in [1.29, 1.82) is 0 Å². The number of aliphatic hydroxyl groups is 1. The maximum Gasteiger partial charge on any atom is 0.165 e. The molecule has 0 aliphatic rings. The molecule has 0 heterocycles. The monoisotopic (exact) mass is 535 g/mol. The predicted octanol–water partition coefficient (Wildman–Crippen LogP) is 11.8. The fourth-order valence-corrected chi connectivity index (χ4v) is 5.62. The van der Waals surface area contributed by atoms with Gasteiger partial charge in [0.25, 0.3) is 0 Å². The summed E-state index contributed by atoms with van der Waals surface area (Å²) >= 11 is 0. The predicted molar refractivity (Wildman–Crippen MR) is 170 cm³/mol. The third kappa shape index (κ3) is 25.6. The summed E-state index contributed by atoms with van der Waals surface area (Å²) in [6.45, 7) is 13.8. The van der Waals surface area contributed by atoms with Crippen LogP contribution in [0.25, 0.3) is 0 Å². The third-order valence-corrected chi connectivity index (χ3v) is 8.44. The van der Waals surface area contributed by atoms with Crippen molar-refractivity contribution in [1.82, 2.24) is 0 Å². The Morgan fingerprint density at radius 1 is 0.579 bits per heavy atom. The van der Waals surface area contributed by atoms with Gasteiger partial charge in [-0.3, -0.25) is 4.79 Å². The van der Waals surface area contributed by atoms with E-state index in [1.54, 1.807) is 0 Å². The Hall–Kier alpha value is -0.630. The molecule has 0 saturated carbocycles. The lowest BCUT2D eigenvalue weighted by atomic mass is 9.91. The van der Waals surface area contributed by atoms with Crippen LogP contribution in [-0.4, -0.2) is 17.0 Å². The maximum absolute atomic E-state index is 12.3. The van der Waals surface area contributed by atoms with Crippen LogP contribution < -0.4 is 0 Å². The van der Waals surface area contributed by atoms with E-state index in [9.17, 15) is 9.90 Å². The van der Waals surface area contributed by atoms with Gasteiger partial charge in [0.05, 0.1) is 0 Å². The first-order valence-electron chi connectivity index (χ1n) is 17.1. The summed E-state index contributed by atoms with van der Waals surface area (Å²) in [5, 5.41) is 10.3. The lowest BCUT2D eigenvalue weighted by Gasteiger charge is -2.15. The van der Waals surface area contributed by atoms with E-state index in [0.717, 1.165) is 43.4 Å². The molecule has 2 heteroatoms. The van der Waals surface area contributed by atoms with Crippen LogP contribution in [0.3, 0.4) is 0 Å². The molecule has 0 aliphatic heterocycles. The molecule has 0 rings (SSSR count). The van der Waals surface area contributed by atoms with Crippen LogP contribution in [0, 0.1) is 17.8 Å². The van der Waals surface area contributed by atoms with Gasteiger partial charge in [0.2, 0.25) is 0 Å². The number of Topliss-reactive ketones (excluding diaryl/α,β-unsaturated/α-hetero) is 1. The molecule has 0 radical (unpaired) electrons. The van der Waals surface area contributed by atoms with Crippen LogP contribution in [-0.2, 0) is 4.79 Å². The molecule has 0 saturated heterocycles. The number of ketones is 1. The number of rotatable bonds is 28. The second-order valence-electron chi connectivity index (χ2n) is 13.3. The van der Waals surface area contributed by atoms with E-state index in [1.807, 2.05) is 6.08 Å². The highest BCUT2D eigenvalue weighted by Crippen LogP contribution is 2.22. The summed E-state index contributed by atoms with van der Waals surface area (Å²) in [5.41, 5.74) is 1.17. The number of hydrogen-bond donors (Lipinski definition) is 1. The van der Waals surface area contributed by atoms with Crippen LogP contribution in [0.1, 0.15) is 189 Å². The first-order valence-corrected chi connectivity index (χ1v) is 17.1. The van der Waals surface area contributed by atoms with Crippen molar-refractivity contribution < 1.29 is 9.90 Å². The Morgan fingerprint density at radius 2 is 1.00 bits per heavy atom. The smallest absolute Gasteiger partial charge is 0.165 e. The van der Waals surface area contributed by atoms with Gasteiger partial charge in [-0.25, -0.2) is 0 Å². The van der Waals surface area contributed by atoms with Crippen molar-refractivity contribution in [2.24, 2.45) is 17.8 Å². The molecule has 0 amide bonds. The second-order valence-corrected chi connectivity index (χ2v) is 13.3. The highest BCUT2D eigenvalue weighted by Gasteiger charge is 2.12. The van der Waals surface area contributed by atoms with Crippen LogP contribution in [0.5, 0.6) is 0 Å². The van der Waals surface area contributed by atoms with E-state index in [2.05, 4.69) is 41.5 Å². The normalized spacial score (nSPS) is 14.7. The van der Waals surface area contributed by atoms with Gasteiger partial charge in [-0.1, -0.05) is 162 Å². The van der Waals surface area contributed by atoms with E-state index in [0.29, 0.717) is 6.42 Å². The fourth-order valence-electron chi connectivity index (χ4n) is 5.62. The van der Waals surface area contributed by atoms with Crippen LogP contribution in [0.15, 0.2) is 11.6 Å². The molecule has 0 aromatic carbocycles. The van der Waals surface area contributed by atoms with Gasteiger partial charge in [-0.05, 0) is 50.0 Å². The molecular weight excluding hydrogens is 464 g/mol. The first-order chi connectivity index (χ1) is 18.3. The maximum atomic E-state index is 12.3. The molecule has 2 nitrogen and oxygen atoms in total. The van der Waals surface area contributed by atoms with Gasteiger partial charge in [-0.2, -0.15) is 0 Å². The SMILES string of the molecule is CCCCCCCCCCCCCCCC(=O)C(O)C=C(C)CCCC(C)CCCC(C)CCCC(C)C. The summed E-state index contributed by atoms with van der Waals surface area (Å²) in [6, 6.07) is 0. The number of allylic oxidation sites excluding steroid dienone is 1. The molecule has 0 bridgehead atoms. The summed E-state index contributed by atoms with van der Waals surface area (Å²) in [5.74, 6) is 2.48. The van der Waals surface area contributed by atoms with Crippen molar-refractivity contribution in [2.45, 2.75) is 195 Å². The number of hydrogen-bond acceptors (Lipinski definition) is 2. The first kappa shape index (κ1) is 37.4. The summed E-state index contributed by atoms with van der Waals surface area (Å²) in [6.07, 6.45) is 30.1. The number of aliphatic hydroxyl groups excluding tert-OH is 1. The lowest BCUT2D eigenvalue weighted by molar-refractivity contribution is -0.125. The summed E-state index contributed by atoms with van der Waals surface area (Å²) in [4.78, 5) is 12.3. The molecule has 0 spiro atoms. The fraction of sp³-hybridized carbons (Fsp3) is 0.917. The van der Waals surface area contributed by atoms with E-state index in [-0.39, 0.29) is 5.78 Å². The van der Waals surface area contributed by atoms with Crippen LogP contribution >= 0.6 is 0 Å². The molecule has 1 N–H and O–H groups in total. The average Bonchev–Trinajstić information content (AvgIpc) is 2.86. The van der Waals surface area contributed by atoms with E-state index in [1.165, 1.54) is 121 Å². The van der Waals surface area contributed by atoms with Crippen molar-refractivity contribution in [3.8, 4) is 0 Å². The molecule has 3 atom stereocenters. The average molecular weight is 535 g/mol. The van der Waals surface area contributed by atoms with Crippen molar-refractivity contribution in [3.05, 3.63) is 11.6 Å². The van der Waals surface area contributed by atoms with Crippen LogP contribution in [0.2, 0.25) is 0 Å².